The lowest BCUT2D eigenvalue weighted by Gasteiger charge is -2.40. The minimum Gasteiger partial charge on any atom is -0.492 e. The van der Waals surface area contributed by atoms with Crippen molar-refractivity contribution in [3.8, 4) is 5.75 Å². The molecule has 0 bridgehead atoms. The van der Waals surface area contributed by atoms with Crippen LogP contribution in [0.2, 0.25) is 0 Å². The van der Waals surface area contributed by atoms with Gasteiger partial charge in [0.25, 0.3) is 5.91 Å². The highest BCUT2D eigenvalue weighted by Gasteiger charge is 2.28. The van der Waals surface area contributed by atoms with Crippen molar-refractivity contribution in [1.82, 2.24) is 9.80 Å². The normalized spacial score (nSPS) is 24.9. The number of ether oxygens (including phenoxy) is 1. The smallest absolute Gasteiger partial charge is 0.257 e. The quantitative estimate of drug-likeness (QED) is 0.735. The van der Waals surface area contributed by atoms with Crippen LogP contribution in [0, 0.1) is 5.92 Å². The average molecular weight is 385 g/mol. The van der Waals surface area contributed by atoms with E-state index in [-0.39, 0.29) is 5.91 Å². The molecular formula is C24H36N2O2. The first-order valence-electron chi connectivity index (χ1n) is 11.6. The minimum atomic E-state index is 0.141. The van der Waals surface area contributed by atoms with Crippen molar-refractivity contribution in [1.29, 1.82) is 0 Å². The third-order valence-corrected chi connectivity index (χ3v) is 6.88. The zero-order chi connectivity index (χ0) is 19.2. The molecule has 1 aromatic rings. The second-order valence-electron chi connectivity index (χ2n) is 8.96. The van der Waals surface area contributed by atoms with Crippen LogP contribution in [-0.2, 0) is 0 Å². The highest BCUT2D eigenvalue weighted by Crippen LogP contribution is 2.28. The lowest BCUT2D eigenvalue weighted by Crippen LogP contribution is -2.44. The van der Waals surface area contributed by atoms with E-state index in [9.17, 15) is 4.79 Å². The molecule has 1 amide bonds. The molecule has 0 aromatic heterocycles. The highest BCUT2D eigenvalue weighted by atomic mass is 16.5. The highest BCUT2D eigenvalue weighted by molar-refractivity contribution is 5.97. The number of likely N-dealkylation sites (tertiary alicyclic amines) is 2. The summed E-state index contributed by atoms with van der Waals surface area (Å²) in [5.74, 6) is 1.49. The first-order valence-corrected chi connectivity index (χ1v) is 11.6. The van der Waals surface area contributed by atoms with E-state index in [0.29, 0.717) is 5.92 Å². The molecule has 1 unspecified atom stereocenters. The molecule has 0 spiro atoms. The molecule has 2 heterocycles. The topological polar surface area (TPSA) is 32.8 Å². The van der Waals surface area contributed by atoms with Crippen LogP contribution in [0.5, 0.6) is 5.75 Å². The Morgan fingerprint density at radius 3 is 2.46 bits per heavy atom. The Kier molecular flexibility index (Phi) is 6.90. The molecule has 3 fully saturated rings. The van der Waals surface area contributed by atoms with Gasteiger partial charge in [0.15, 0.2) is 0 Å². The molecule has 2 saturated heterocycles. The van der Waals surface area contributed by atoms with Crippen molar-refractivity contribution in [2.24, 2.45) is 5.92 Å². The zero-order valence-electron chi connectivity index (χ0n) is 17.3. The number of carbonyl (C=O) groups is 1. The minimum absolute atomic E-state index is 0.141. The molecule has 3 aliphatic rings. The molecule has 4 heteroatoms. The van der Waals surface area contributed by atoms with Gasteiger partial charge in [0, 0.05) is 31.6 Å². The van der Waals surface area contributed by atoms with Crippen LogP contribution in [0.25, 0.3) is 0 Å². The van der Waals surface area contributed by atoms with Gasteiger partial charge in [-0.2, -0.15) is 0 Å². The maximum absolute atomic E-state index is 13.0. The van der Waals surface area contributed by atoms with Gasteiger partial charge in [0.1, 0.15) is 5.75 Å². The van der Waals surface area contributed by atoms with Gasteiger partial charge in [-0.15, -0.1) is 0 Å². The van der Waals surface area contributed by atoms with E-state index >= 15 is 0 Å². The van der Waals surface area contributed by atoms with E-state index in [4.69, 9.17) is 4.74 Å². The van der Waals surface area contributed by atoms with E-state index in [2.05, 4.69) is 4.90 Å². The summed E-state index contributed by atoms with van der Waals surface area (Å²) in [6, 6.07) is 8.64. The third-order valence-electron chi connectivity index (χ3n) is 6.88. The molecule has 0 N–H and O–H groups in total. The summed E-state index contributed by atoms with van der Waals surface area (Å²) in [6.45, 7) is 4.91. The summed E-state index contributed by atoms with van der Waals surface area (Å²) in [6.07, 6.45) is 13.0. The molecule has 28 heavy (non-hydrogen) atoms. The molecule has 1 atom stereocenters. The van der Waals surface area contributed by atoms with Gasteiger partial charge in [-0.3, -0.25) is 9.69 Å². The van der Waals surface area contributed by atoms with Crippen molar-refractivity contribution in [3.63, 3.8) is 0 Å². The second-order valence-corrected chi connectivity index (χ2v) is 8.96. The molecule has 1 aromatic carbocycles. The summed E-state index contributed by atoms with van der Waals surface area (Å²) < 4.78 is 6.25. The van der Waals surface area contributed by atoms with E-state index < -0.39 is 0 Å². The van der Waals surface area contributed by atoms with Gasteiger partial charge in [-0.1, -0.05) is 31.4 Å². The SMILES string of the molecule is O=C(c1ccccc1OCC1CCCN(C2CCCCC2)C1)N1CCCCC1. The van der Waals surface area contributed by atoms with E-state index in [1.165, 1.54) is 57.9 Å². The Morgan fingerprint density at radius 2 is 1.64 bits per heavy atom. The standard InChI is InChI=1S/C24H36N2O2/c27-24(25-15-7-2-8-16-25)22-13-5-6-14-23(22)28-19-20-10-9-17-26(18-20)21-11-3-1-4-12-21/h5-6,13-14,20-21H,1-4,7-12,15-19H2. The number of amides is 1. The Balaban J connectivity index is 1.34. The predicted octanol–water partition coefficient (Wildman–Crippen LogP) is 4.74. The Bertz CT molecular complexity index is 635. The van der Waals surface area contributed by atoms with Crippen LogP contribution in [0.4, 0.5) is 0 Å². The second kappa shape index (κ2) is 9.78. The fourth-order valence-corrected chi connectivity index (χ4v) is 5.26. The number of benzene rings is 1. The Labute approximate surface area is 170 Å². The average Bonchev–Trinajstić information content (AvgIpc) is 2.79. The summed E-state index contributed by atoms with van der Waals surface area (Å²) in [7, 11) is 0. The summed E-state index contributed by atoms with van der Waals surface area (Å²) in [4.78, 5) is 17.7. The lowest BCUT2D eigenvalue weighted by molar-refractivity contribution is 0.0700. The van der Waals surface area contributed by atoms with Crippen LogP contribution >= 0.6 is 0 Å². The van der Waals surface area contributed by atoms with Crippen molar-refractivity contribution in [3.05, 3.63) is 29.8 Å². The Morgan fingerprint density at radius 1 is 0.893 bits per heavy atom. The van der Waals surface area contributed by atoms with Crippen molar-refractivity contribution >= 4 is 5.91 Å². The zero-order valence-corrected chi connectivity index (χ0v) is 17.3. The van der Waals surface area contributed by atoms with Crippen LogP contribution in [0.1, 0.15) is 74.6 Å². The largest absolute Gasteiger partial charge is 0.492 e. The summed E-state index contributed by atoms with van der Waals surface area (Å²) in [5, 5.41) is 0. The van der Waals surface area contributed by atoms with E-state index in [0.717, 1.165) is 56.4 Å². The van der Waals surface area contributed by atoms with Crippen molar-refractivity contribution < 1.29 is 9.53 Å². The van der Waals surface area contributed by atoms with E-state index in [1.54, 1.807) is 0 Å². The van der Waals surface area contributed by atoms with Crippen LogP contribution in [-0.4, -0.2) is 54.5 Å². The summed E-state index contributed by atoms with van der Waals surface area (Å²) in [5.41, 5.74) is 0.740. The van der Waals surface area contributed by atoms with Gasteiger partial charge in [-0.25, -0.2) is 0 Å². The van der Waals surface area contributed by atoms with Gasteiger partial charge >= 0.3 is 0 Å². The molecule has 4 rings (SSSR count). The van der Waals surface area contributed by atoms with Gasteiger partial charge in [0.2, 0.25) is 0 Å². The predicted molar refractivity (Wildman–Crippen MR) is 113 cm³/mol. The number of nitrogens with zero attached hydrogens (tertiary/aromatic N) is 2. The van der Waals surface area contributed by atoms with Crippen molar-refractivity contribution in [2.75, 3.05) is 32.8 Å². The maximum Gasteiger partial charge on any atom is 0.257 e. The van der Waals surface area contributed by atoms with Crippen molar-refractivity contribution in [2.45, 2.75) is 70.3 Å². The van der Waals surface area contributed by atoms with Gasteiger partial charge < -0.3 is 9.64 Å². The fraction of sp³-hybridized carbons (Fsp3) is 0.708. The molecule has 154 valence electrons. The first kappa shape index (κ1) is 19.8. The van der Waals surface area contributed by atoms with Crippen LogP contribution < -0.4 is 4.74 Å². The molecule has 1 saturated carbocycles. The Hall–Kier alpha value is -1.55. The first-order chi connectivity index (χ1) is 13.8. The number of carbonyl (C=O) groups excluding carboxylic acids is 1. The van der Waals surface area contributed by atoms with Crippen LogP contribution in [0.3, 0.4) is 0 Å². The molecule has 4 nitrogen and oxygen atoms in total. The molecule has 0 radical (unpaired) electrons. The monoisotopic (exact) mass is 384 g/mol. The van der Waals surface area contributed by atoms with Gasteiger partial charge in [-0.05, 0) is 63.6 Å². The number of hydrogen-bond acceptors (Lipinski definition) is 3. The van der Waals surface area contributed by atoms with E-state index in [1.807, 2.05) is 29.2 Å². The van der Waals surface area contributed by atoms with Crippen LogP contribution in [0.15, 0.2) is 24.3 Å². The third kappa shape index (κ3) is 4.89. The summed E-state index contributed by atoms with van der Waals surface area (Å²) >= 11 is 0. The molecule has 1 aliphatic carbocycles. The number of piperidine rings is 2. The maximum atomic E-state index is 13.0. The molecule has 2 aliphatic heterocycles. The van der Waals surface area contributed by atoms with Gasteiger partial charge in [0.05, 0.1) is 12.2 Å². The lowest BCUT2D eigenvalue weighted by atomic mass is 9.90. The molecular weight excluding hydrogens is 348 g/mol. The fourth-order valence-electron chi connectivity index (χ4n) is 5.26. The number of hydrogen-bond donors (Lipinski definition) is 0. The number of para-hydroxylation sites is 1. The number of rotatable bonds is 5.